The minimum Gasteiger partial charge on any atom is -0.478 e. The maximum atomic E-state index is 11.8. The van der Waals surface area contributed by atoms with Crippen LogP contribution in [0.1, 0.15) is 48.5 Å². The van der Waals surface area contributed by atoms with Crippen LogP contribution in [0.2, 0.25) is 0 Å². The molecular weight excluding hydrogens is 282 g/mol. The van der Waals surface area contributed by atoms with Gasteiger partial charge in [-0.15, -0.1) is 0 Å². The van der Waals surface area contributed by atoms with Gasteiger partial charge >= 0.3 is 5.97 Å². The Bertz CT molecular complexity index is 512. The fourth-order valence-electron chi connectivity index (χ4n) is 2.74. The molecule has 22 heavy (non-hydrogen) atoms. The SMILES string of the molecule is CC1CCCC(OCC(=O)NCc2ccc(C(=O)O)cc2)C1. The average molecular weight is 305 g/mol. The quantitative estimate of drug-likeness (QED) is 0.847. The highest BCUT2D eigenvalue weighted by molar-refractivity contribution is 5.87. The van der Waals surface area contributed by atoms with Gasteiger partial charge in [0.2, 0.25) is 5.91 Å². The van der Waals surface area contributed by atoms with Gasteiger partial charge in [0.15, 0.2) is 0 Å². The maximum Gasteiger partial charge on any atom is 0.335 e. The van der Waals surface area contributed by atoms with E-state index in [4.69, 9.17) is 9.84 Å². The van der Waals surface area contributed by atoms with Gasteiger partial charge in [-0.05, 0) is 36.5 Å². The van der Waals surface area contributed by atoms with Gasteiger partial charge in [0, 0.05) is 6.54 Å². The number of ether oxygens (including phenoxy) is 1. The molecule has 1 saturated carbocycles. The monoisotopic (exact) mass is 305 g/mol. The van der Waals surface area contributed by atoms with Gasteiger partial charge in [-0.1, -0.05) is 31.9 Å². The smallest absolute Gasteiger partial charge is 0.335 e. The molecule has 1 aliphatic carbocycles. The van der Waals surface area contributed by atoms with Crippen molar-refractivity contribution in [2.45, 2.75) is 45.3 Å². The first-order valence-electron chi connectivity index (χ1n) is 7.75. The van der Waals surface area contributed by atoms with Crippen LogP contribution in [0.4, 0.5) is 0 Å². The summed E-state index contributed by atoms with van der Waals surface area (Å²) in [5.74, 6) is -0.416. The standard InChI is InChI=1S/C17H23NO4/c1-12-3-2-4-15(9-12)22-11-16(19)18-10-13-5-7-14(8-6-13)17(20)21/h5-8,12,15H,2-4,9-11H2,1H3,(H,18,19)(H,20,21). The number of rotatable bonds is 6. The molecule has 1 fully saturated rings. The highest BCUT2D eigenvalue weighted by Gasteiger charge is 2.20. The molecule has 2 rings (SSSR count). The summed E-state index contributed by atoms with van der Waals surface area (Å²) in [6.45, 7) is 2.68. The minimum atomic E-state index is -0.953. The Morgan fingerprint density at radius 1 is 1.27 bits per heavy atom. The number of carbonyl (C=O) groups is 2. The molecule has 0 aliphatic heterocycles. The van der Waals surface area contributed by atoms with Crippen LogP contribution in [0.5, 0.6) is 0 Å². The molecule has 5 nitrogen and oxygen atoms in total. The molecule has 5 heteroatoms. The van der Waals surface area contributed by atoms with Crippen molar-refractivity contribution in [2.24, 2.45) is 5.92 Å². The molecule has 0 heterocycles. The molecule has 0 radical (unpaired) electrons. The molecule has 2 atom stereocenters. The van der Waals surface area contributed by atoms with Crippen LogP contribution in [-0.2, 0) is 16.1 Å². The molecular formula is C17H23NO4. The lowest BCUT2D eigenvalue weighted by Gasteiger charge is -2.26. The van der Waals surface area contributed by atoms with Crippen molar-refractivity contribution >= 4 is 11.9 Å². The fourth-order valence-corrected chi connectivity index (χ4v) is 2.74. The largest absolute Gasteiger partial charge is 0.478 e. The third kappa shape index (κ3) is 5.15. The first kappa shape index (κ1) is 16.5. The van der Waals surface area contributed by atoms with Gasteiger partial charge in [-0.25, -0.2) is 4.79 Å². The molecule has 0 aromatic heterocycles. The molecule has 2 N–H and O–H groups in total. The summed E-state index contributed by atoms with van der Waals surface area (Å²) in [4.78, 5) is 22.5. The predicted octanol–water partition coefficient (Wildman–Crippen LogP) is 2.60. The van der Waals surface area contributed by atoms with Gasteiger partial charge in [0.05, 0.1) is 11.7 Å². The zero-order valence-electron chi connectivity index (χ0n) is 12.9. The van der Waals surface area contributed by atoms with Gasteiger partial charge in [-0.3, -0.25) is 4.79 Å². The third-order valence-electron chi connectivity index (χ3n) is 4.03. The first-order valence-corrected chi connectivity index (χ1v) is 7.75. The second-order valence-electron chi connectivity index (χ2n) is 5.98. The topological polar surface area (TPSA) is 75.6 Å². The molecule has 1 amide bonds. The molecule has 2 unspecified atom stereocenters. The summed E-state index contributed by atoms with van der Waals surface area (Å²) in [6.07, 6.45) is 4.68. The normalized spacial score (nSPS) is 21.3. The van der Waals surface area contributed by atoms with E-state index < -0.39 is 5.97 Å². The van der Waals surface area contributed by atoms with Gasteiger partial charge in [0.25, 0.3) is 0 Å². The number of nitrogens with one attached hydrogen (secondary N) is 1. The van der Waals surface area contributed by atoms with Crippen LogP contribution in [0.3, 0.4) is 0 Å². The first-order chi connectivity index (χ1) is 10.5. The number of carboxylic acids is 1. The van der Waals surface area contributed by atoms with E-state index in [2.05, 4.69) is 12.2 Å². The average Bonchev–Trinajstić information content (AvgIpc) is 2.51. The van der Waals surface area contributed by atoms with Crippen molar-refractivity contribution < 1.29 is 19.4 Å². The van der Waals surface area contributed by atoms with Crippen molar-refractivity contribution in [1.82, 2.24) is 5.32 Å². The maximum absolute atomic E-state index is 11.8. The van der Waals surface area contributed by atoms with E-state index in [1.807, 2.05) is 0 Å². The molecule has 1 aliphatic rings. The number of aromatic carboxylic acids is 1. The molecule has 1 aromatic carbocycles. The van der Waals surface area contributed by atoms with Gasteiger partial charge in [-0.2, -0.15) is 0 Å². The Morgan fingerprint density at radius 3 is 2.64 bits per heavy atom. The van der Waals surface area contributed by atoms with Crippen LogP contribution >= 0.6 is 0 Å². The predicted molar refractivity (Wildman–Crippen MR) is 82.6 cm³/mol. The minimum absolute atomic E-state index is 0.0879. The fraction of sp³-hybridized carbons (Fsp3) is 0.529. The van der Waals surface area contributed by atoms with Crippen molar-refractivity contribution in [3.8, 4) is 0 Å². The Kier molecular flexibility index (Phi) is 5.95. The van der Waals surface area contributed by atoms with E-state index in [0.29, 0.717) is 12.5 Å². The molecule has 0 saturated heterocycles. The second-order valence-corrected chi connectivity index (χ2v) is 5.98. The number of hydrogen-bond donors (Lipinski definition) is 2. The Hall–Kier alpha value is -1.88. The number of benzene rings is 1. The van der Waals surface area contributed by atoms with Crippen molar-refractivity contribution in [3.63, 3.8) is 0 Å². The summed E-state index contributed by atoms with van der Waals surface area (Å²) in [5, 5.41) is 11.6. The number of hydrogen-bond acceptors (Lipinski definition) is 3. The van der Waals surface area contributed by atoms with E-state index in [9.17, 15) is 9.59 Å². The van der Waals surface area contributed by atoms with Crippen LogP contribution in [-0.4, -0.2) is 29.7 Å². The van der Waals surface area contributed by atoms with Crippen LogP contribution in [0.15, 0.2) is 24.3 Å². The third-order valence-corrected chi connectivity index (χ3v) is 4.03. The van der Waals surface area contributed by atoms with Gasteiger partial charge in [0.1, 0.15) is 6.61 Å². The van der Waals surface area contributed by atoms with E-state index in [-0.39, 0.29) is 24.2 Å². The number of carboxylic acid groups (broad SMARTS) is 1. The molecule has 0 spiro atoms. The lowest BCUT2D eigenvalue weighted by Crippen LogP contribution is -2.31. The van der Waals surface area contributed by atoms with Crippen molar-refractivity contribution in [2.75, 3.05) is 6.61 Å². The highest BCUT2D eigenvalue weighted by Crippen LogP contribution is 2.25. The summed E-state index contributed by atoms with van der Waals surface area (Å²) < 4.78 is 5.66. The molecule has 120 valence electrons. The lowest BCUT2D eigenvalue weighted by atomic mass is 9.89. The van der Waals surface area contributed by atoms with Crippen molar-refractivity contribution in [1.29, 1.82) is 0 Å². The van der Waals surface area contributed by atoms with E-state index in [1.165, 1.54) is 25.0 Å². The number of amides is 1. The van der Waals surface area contributed by atoms with E-state index in [1.54, 1.807) is 12.1 Å². The van der Waals surface area contributed by atoms with Gasteiger partial charge < -0.3 is 15.2 Å². The summed E-state index contributed by atoms with van der Waals surface area (Å²) >= 11 is 0. The Labute approximate surface area is 130 Å². The zero-order valence-corrected chi connectivity index (χ0v) is 12.9. The molecule has 1 aromatic rings. The molecule has 0 bridgehead atoms. The highest BCUT2D eigenvalue weighted by atomic mass is 16.5. The summed E-state index contributed by atoms with van der Waals surface area (Å²) in [7, 11) is 0. The van der Waals surface area contributed by atoms with Crippen LogP contribution in [0, 0.1) is 5.92 Å². The van der Waals surface area contributed by atoms with Crippen LogP contribution < -0.4 is 5.32 Å². The van der Waals surface area contributed by atoms with E-state index >= 15 is 0 Å². The summed E-state index contributed by atoms with van der Waals surface area (Å²) in [5.41, 5.74) is 1.11. The second kappa shape index (κ2) is 7.94. The zero-order chi connectivity index (χ0) is 15.9. The van der Waals surface area contributed by atoms with E-state index in [0.717, 1.165) is 18.4 Å². The lowest BCUT2D eigenvalue weighted by molar-refractivity contribution is -0.128. The van der Waals surface area contributed by atoms with Crippen molar-refractivity contribution in [3.05, 3.63) is 35.4 Å². The Morgan fingerprint density at radius 2 is 2.00 bits per heavy atom. The Balaban J connectivity index is 1.70. The number of carbonyl (C=O) groups excluding carboxylic acids is 1. The summed E-state index contributed by atoms with van der Waals surface area (Å²) in [6, 6.07) is 6.47. The van der Waals surface area contributed by atoms with Crippen LogP contribution in [0.25, 0.3) is 0 Å².